The van der Waals surface area contributed by atoms with Crippen LogP contribution >= 0.6 is 0 Å². The first-order valence-corrected chi connectivity index (χ1v) is 9.05. The standard InChI is InChI=1S/C18H23N5O5/c1-18(2,3)28-17(25)19-11-6-8-22(9-7-11)16(24)15-13-10-12(23(26)27)4-5-14(13)20-21-15/h4-5,10-11H,6-9H2,1-3H3,(H,19,25)(H,20,21). The fraction of sp³-hybridized carbons (Fsp3) is 0.500. The average Bonchev–Trinajstić information content (AvgIpc) is 3.03. The van der Waals surface area contributed by atoms with Crippen LogP contribution in [0.15, 0.2) is 18.2 Å². The smallest absolute Gasteiger partial charge is 0.407 e. The molecule has 1 aromatic carbocycles. The summed E-state index contributed by atoms with van der Waals surface area (Å²) >= 11 is 0. The minimum Gasteiger partial charge on any atom is -0.444 e. The van der Waals surface area contributed by atoms with E-state index in [4.69, 9.17) is 4.74 Å². The van der Waals surface area contributed by atoms with Gasteiger partial charge in [-0.3, -0.25) is 20.0 Å². The quantitative estimate of drug-likeness (QED) is 0.613. The van der Waals surface area contributed by atoms with Crippen molar-refractivity contribution >= 4 is 28.6 Å². The molecule has 2 heterocycles. The molecule has 1 fully saturated rings. The van der Waals surface area contributed by atoms with E-state index in [-0.39, 0.29) is 23.3 Å². The van der Waals surface area contributed by atoms with Crippen LogP contribution in [0.5, 0.6) is 0 Å². The number of amides is 2. The highest BCUT2D eigenvalue weighted by atomic mass is 16.6. The number of rotatable bonds is 3. The molecule has 0 spiro atoms. The predicted octanol–water partition coefficient (Wildman–Crippen LogP) is 2.60. The van der Waals surface area contributed by atoms with Gasteiger partial charge in [0, 0.05) is 36.7 Å². The molecule has 0 bridgehead atoms. The van der Waals surface area contributed by atoms with Gasteiger partial charge < -0.3 is 15.0 Å². The third-order valence-corrected chi connectivity index (χ3v) is 4.46. The Hall–Kier alpha value is -3.17. The summed E-state index contributed by atoms with van der Waals surface area (Å²) in [6, 6.07) is 4.18. The molecule has 2 N–H and O–H groups in total. The van der Waals surface area contributed by atoms with E-state index in [0.29, 0.717) is 36.8 Å². The number of hydrogen-bond donors (Lipinski definition) is 2. The van der Waals surface area contributed by atoms with Crippen molar-refractivity contribution in [3.05, 3.63) is 34.0 Å². The number of likely N-dealkylation sites (tertiary alicyclic amines) is 1. The van der Waals surface area contributed by atoms with E-state index >= 15 is 0 Å². The molecule has 150 valence electrons. The molecule has 0 aliphatic carbocycles. The number of nitrogens with one attached hydrogen (secondary N) is 2. The number of alkyl carbamates (subject to hydrolysis) is 1. The molecule has 0 radical (unpaired) electrons. The van der Waals surface area contributed by atoms with Gasteiger partial charge in [0.15, 0.2) is 5.69 Å². The number of aromatic nitrogens is 2. The summed E-state index contributed by atoms with van der Waals surface area (Å²) in [5, 5.41) is 21.0. The van der Waals surface area contributed by atoms with Gasteiger partial charge in [0.1, 0.15) is 5.60 Å². The molecule has 2 amide bonds. The Bertz CT molecular complexity index is 909. The number of benzene rings is 1. The predicted molar refractivity (Wildman–Crippen MR) is 101 cm³/mol. The lowest BCUT2D eigenvalue weighted by Gasteiger charge is -2.32. The Balaban J connectivity index is 1.64. The topological polar surface area (TPSA) is 130 Å². The molecule has 3 rings (SSSR count). The van der Waals surface area contributed by atoms with Crippen LogP contribution in [-0.2, 0) is 4.74 Å². The molecule has 0 unspecified atom stereocenters. The number of nitro groups is 1. The van der Waals surface area contributed by atoms with Gasteiger partial charge in [-0.15, -0.1) is 0 Å². The van der Waals surface area contributed by atoms with Gasteiger partial charge in [-0.25, -0.2) is 4.79 Å². The fourth-order valence-electron chi connectivity index (χ4n) is 3.13. The maximum absolute atomic E-state index is 12.8. The van der Waals surface area contributed by atoms with E-state index < -0.39 is 16.6 Å². The zero-order chi connectivity index (χ0) is 20.5. The minimum atomic E-state index is -0.565. The lowest BCUT2D eigenvalue weighted by molar-refractivity contribution is -0.384. The van der Waals surface area contributed by atoms with E-state index in [9.17, 15) is 19.7 Å². The maximum atomic E-state index is 12.8. The number of non-ortho nitro benzene ring substituents is 1. The first kappa shape index (κ1) is 19.6. The third kappa shape index (κ3) is 4.38. The second-order valence-corrected chi connectivity index (χ2v) is 7.77. The monoisotopic (exact) mass is 389 g/mol. The summed E-state index contributed by atoms with van der Waals surface area (Å²) in [5.41, 5.74) is 0.0700. The van der Waals surface area contributed by atoms with Crippen molar-refractivity contribution in [2.75, 3.05) is 13.1 Å². The average molecular weight is 389 g/mol. The van der Waals surface area contributed by atoms with E-state index in [2.05, 4.69) is 15.5 Å². The number of hydrogen-bond acceptors (Lipinski definition) is 6. The Labute approximate surface area is 161 Å². The molecule has 1 saturated heterocycles. The fourth-order valence-corrected chi connectivity index (χ4v) is 3.13. The lowest BCUT2D eigenvalue weighted by atomic mass is 10.0. The molecular weight excluding hydrogens is 366 g/mol. The summed E-state index contributed by atoms with van der Waals surface area (Å²) in [6.45, 7) is 6.29. The number of nitrogens with zero attached hydrogens (tertiary/aromatic N) is 3. The normalized spacial score (nSPS) is 15.5. The van der Waals surface area contributed by atoms with Crippen LogP contribution in [0.3, 0.4) is 0 Å². The molecular formula is C18H23N5O5. The number of nitro benzene ring substituents is 1. The first-order chi connectivity index (χ1) is 13.1. The number of carbonyl (C=O) groups excluding carboxylic acids is 2. The summed E-state index contributed by atoms with van der Waals surface area (Å²) in [6.07, 6.45) is 0.712. The van der Waals surface area contributed by atoms with Crippen LogP contribution in [0, 0.1) is 10.1 Å². The number of fused-ring (bicyclic) bond motifs is 1. The van der Waals surface area contributed by atoms with Crippen LogP contribution in [-0.4, -0.2) is 56.8 Å². The van der Waals surface area contributed by atoms with Gasteiger partial charge in [-0.1, -0.05) is 0 Å². The largest absolute Gasteiger partial charge is 0.444 e. The van der Waals surface area contributed by atoms with Crippen LogP contribution in [0.2, 0.25) is 0 Å². The highest BCUT2D eigenvalue weighted by molar-refractivity contribution is 6.05. The number of carbonyl (C=O) groups is 2. The van der Waals surface area contributed by atoms with Crippen LogP contribution in [0.4, 0.5) is 10.5 Å². The summed E-state index contributed by atoms with van der Waals surface area (Å²) < 4.78 is 5.25. The van der Waals surface area contributed by atoms with Crippen LogP contribution < -0.4 is 5.32 Å². The van der Waals surface area contributed by atoms with E-state index in [1.165, 1.54) is 18.2 Å². The van der Waals surface area contributed by atoms with Gasteiger partial charge in [0.25, 0.3) is 11.6 Å². The van der Waals surface area contributed by atoms with Crippen molar-refractivity contribution in [2.24, 2.45) is 0 Å². The molecule has 0 atom stereocenters. The van der Waals surface area contributed by atoms with Crippen molar-refractivity contribution in [3.8, 4) is 0 Å². The summed E-state index contributed by atoms with van der Waals surface area (Å²) in [7, 11) is 0. The molecule has 2 aromatic rings. The number of piperidine rings is 1. The SMILES string of the molecule is CC(C)(C)OC(=O)NC1CCN(C(=O)c2n[nH]c3ccc([N+](=O)[O-])cc23)CC1. The lowest BCUT2D eigenvalue weighted by Crippen LogP contribution is -2.47. The second-order valence-electron chi connectivity index (χ2n) is 7.77. The zero-order valence-electron chi connectivity index (χ0n) is 16.0. The van der Waals surface area contributed by atoms with Crippen molar-refractivity contribution in [2.45, 2.75) is 45.3 Å². The molecule has 28 heavy (non-hydrogen) atoms. The van der Waals surface area contributed by atoms with Gasteiger partial charge >= 0.3 is 6.09 Å². The van der Waals surface area contributed by atoms with Crippen molar-refractivity contribution in [1.29, 1.82) is 0 Å². The number of H-pyrrole nitrogens is 1. The van der Waals surface area contributed by atoms with Gasteiger partial charge in [-0.2, -0.15) is 5.10 Å². The van der Waals surface area contributed by atoms with Crippen LogP contribution in [0.1, 0.15) is 44.1 Å². The van der Waals surface area contributed by atoms with Crippen molar-refractivity contribution < 1.29 is 19.2 Å². The highest BCUT2D eigenvalue weighted by Crippen LogP contribution is 2.24. The Morgan fingerprint density at radius 2 is 2.00 bits per heavy atom. The minimum absolute atomic E-state index is 0.0732. The molecule has 0 saturated carbocycles. The van der Waals surface area contributed by atoms with E-state index in [1.54, 1.807) is 25.7 Å². The molecule has 10 nitrogen and oxygen atoms in total. The van der Waals surface area contributed by atoms with Gasteiger partial charge in [0.2, 0.25) is 0 Å². The molecule has 1 aliphatic heterocycles. The number of ether oxygens (including phenoxy) is 1. The van der Waals surface area contributed by atoms with E-state index in [1.807, 2.05) is 0 Å². The van der Waals surface area contributed by atoms with Gasteiger partial charge in [0.05, 0.1) is 10.4 Å². The molecule has 1 aliphatic rings. The molecule has 1 aromatic heterocycles. The third-order valence-electron chi connectivity index (χ3n) is 4.46. The Kier molecular flexibility index (Phi) is 5.21. The van der Waals surface area contributed by atoms with E-state index in [0.717, 1.165) is 0 Å². The van der Waals surface area contributed by atoms with Crippen molar-refractivity contribution in [1.82, 2.24) is 20.4 Å². The zero-order valence-corrected chi connectivity index (χ0v) is 16.0. The molecule has 10 heteroatoms. The second kappa shape index (κ2) is 7.45. The first-order valence-electron chi connectivity index (χ1n) is 9.05. The summed E-state index contributed by atoms with van der Waals surface area (Å²) in [5.74, 6) is -0.289. The maximum Gasteiger partial charge on any atom is 0.407 e. The Morgan fingerprint density at radius 3 is 2.61 bits per heavy atom. The Morgan fingerprint density at radius 1 is 1.32 bits per heavy atom. The van der Waals surface area contributed by atoms with Crippen molar-refractivity contribution in [3.63, 3.8) is 0 Å². The number of aromatic amines is 1. The van der Waals surface area contributed by atoms with Crippen LogP contribution in [0.25, 0.3) is 10.9 Å². The van der Waals surface area contributed by atoms with Gasteiger partial charge in [-0.05, 0) is 39.7 Å². The highest BCUT2D eigenvalue weighted by Gasteiger charge is 2.28. The summed E-state index contributed by atoms with van der Waals surface area (Å²) in [4.78, 5) is 36.8.